The van der Waals surface area contributed by atoms with Crippen molar-refractivity contribution in [1.82, 2.24) is 15.4 Å². The Bertz CT molecular complexity index is 708. The lowest BCUT2D eigenvalue weighted by Crippen LogP contribution is -2.38. The zero-order valence-corrected chi connectivity index (χ0v) is 18.2. The van der Waals surface area contributed by atoms with E-state index >= 15 is 0 Å². The lowest BCUT2D eigenvalue weighted by atomic mass is 10.1. The molecule has 0 unspecified atom stereocenters. The highest BCUT2D eigenvalue weighted by Crippen LogP contribution is 2.28. The molecule has 0 spiro atoms. The summed E-state index contributed by atoms with van der Waals surface area (Å²) in [5.41, 5.74) is 1.18. The van der Waals surface area contributed by atoms with Gasteiger partial charge in [-0.1, -0.05) is 6.07 Å². The second kappa shape index (κ2) is 13.2. The Morgan fingerprint density at radius 3 is 2.54 bits per heavy atom. The van der Waals surface area contributed by atoms with Crippen molar-refractivity contribution in [1.29, 1.82) is 0 Å². The Morgan fingerprint density at radius 2 is 1.89 bits per heavy atom. The van der Waals surface area contributed by atoms with Crippen LogP contribution in [0.1, 0.15) is 32.3 Å². The third-order valence-corrected chi connectivity index (χ3v) is 4.50. The van der Waals surface area contributed by atoms with Gasteiger partial charge in [-0.05, 0) is 50.8 Å². The molecule has 28 heavy (non-hydrogen) atoms. The molecule has 0 aromatic heterocycles. The van der Waals surface area contributed by atoms with Crippen LogP contribution in [0.25, 0.3) is 0 Å². The zero-order chi connectivity index (χ0) is 20.8. The maximum absolute atomic E-state index is 11.0. The molecule has 1 aromatic carbocycles. The highest BCUT2D eigenvalue weighted by Gasteiger charge is 2.05. The molecular formula is C19H34N4O4S. The summed E-state index contributed by atoms with van der Waals surface area (Å²) in [6.45, 7) is 7.07. The Kier molecular flexibility index (Phi) is 11.4. The molecule has 0 amide bonds. The Balaban J connectivity index is 2.43. The van der Waals surface area contributed by atoms with Gasteiger partial charge >= 0.3 is 0 Å². The van der Waals surface area contributed by atoms with E-state index in [9.17, 15) is 8.42 Å². The van der Waals surface area contributed by atoms with Gasteiger partial charge in [-0.15, -0.1) is 0 Å². The minimum absolute atomic E-state index is 0.408. The summed E-state index contributed by atoms with van der Waals surface area (Å²) in [6, 6.07) is 5.99. The van der Waals surface area contributed by atoms with E-state index in [1.165, 1.54) is 5.56 Å². The first-order valence-electron chi connectivity index (χ1n) is 9.66. The van der Waals surface area contributed by atoms with Crippen LogP contribution in [0.15, 0.2) is 23.2 Å². The van der Waals surface area contributed by atoms with Crippen molar-refractivity contribution in [2.45, 2.75) is 33.1 Å². The first kappa shape index (κ1) is 24.0. The summed E-state index contributed by atoms with van der Waals surface area (Å²) in [5, 5.41) is 6.41. The zero-order valence-electron chi connectivity index (χ0n) is 17.4. The van der Waals surface area contributed by atoms with Crippen molar-refractivity contribution in [3.05, 3.63) is 23.8 Å². The van der Waals surface area contributed by atoms with Gasteiger partial charge in [0.2, 0.25) is 10.0 Å². The molecule has 0 radical (unpaired) electrons. The number of hydrogen-bond donors (Lipinski definition) is 3. The maximum Gasteiger partial charge on any atom is 0.208 e. The number of benzene rings is 1. The summed E-state index contributed by atoms with van der Waals surface area (Å²) < 4.78 is 35.5. The summed E-state index contributed by atoms with van der Waals surface area (Å²) in [7, 11) is -1.49. The predicted molar refractivity (Wildman–Crippen MR) is 114 cm³/mol. The van der Waals surface area contributed by atoms with Crippen LogP contribution in [-0.2, 0) is 16.4 Å². The summed E-state index contributed by atoms with van der Waals surface area (Å²) in [6.07, 6.45) is 3.64. The van der Waals surface area contributed by atoms with E-state index in [0.29, 0.717) is 32.7 Å². The Labute approximate surface area is 169 Å². The molecule has 1 rings (SSSR count). The van der Waals surface area contributed by atoms with Gasteiger partial charge in [-0.2, -0.15) is 0 Å². The number of guanidine groups is 1. The number of methoxy groups -OCH3 is 1. The normalized spacial score (nSPS) is 11.9. The van der Waals surface area contributed by atoms with Crippen molar-refractivity contribution in [2.24, 2.45) is 4.99 Å². The average molecular weight is 415 g/mol. The molecule has 0 aliphatic heterocycles. The Hall–Kier alpha value is -2.00. The van der Waals surface area contributed by atoms with Gasteiger partial charge in [0.15, 0.2) is 17.5 Å². The first-order valence-corrected chi connectivity index (χ1v) is 11.5. The van der Waals surface area contributed by atoms with Crippen molar-refractivity contribution >= 4 is 16.0 Å². The maximum atomic E-state index is 11.0. The molecule has 3 N–H and O–H groups in total. The van der Waals surface area contributed by atoms with Crippen molar-refractivity contribution < 1.29 is 17.9 Å². The van der Waals surface area contributed by atoms with E-state index in [0.717, 1.165) is 43.1 Å². The molecule has 0 aliphatic rings. The summed E-state index contributed by atoms with van der Waals surface area (Å²) in [5.74, 6) is 2.25. The lowest BCUT2D eigenvalue weighted by Gasteiger charge is -2.12. The van der Waals surface area contributed by atoms with Crippen LogP contribution in [0.5, 0.6) is 11.5 Å². The molecule has 0 saturated heterocycles. The molecule has 160 valence electrons. The second-order valence-electron chi connectivity index (χ2n) is 6.23. The van der Waals surface area contributed by atoms with E-state index in [-0.39, 0.29) is 0 Å². The molecular weight excluding hydrogens is 380 g/mol. The van der Waals surface area contributed by atoms with Gasteiger partial charge < -0.3 is 20.1 Å². The fraction of sp³-hybridized carbons (Fsp3) is 0.632. The van der Waals surface area contributed by atoms with Gasteiger partial charge in [0.25, 0.3) is 0 Å². The molecule has 0 heterocycles. The largest absolute Gasteiger partial charge is 0.493 e. The van der Waals surface area contributed by atoms with Gasteiger partial charge in [-0.3, -0.25) is 4.99 Å². The number of ether oxygens (including phenoxy) is 2. The van der Waals surface area contributed by atoms with Crippen LogP contribution < -0.4 is 24.8 Å². The SMILES string of the molecule is CCNC(=NCCCc1ccc(OC)c(OCC)c1)NCCCNS(C)(=O)=O. The van der Waals surface area contributed by atoms with Crippen LogP contribution in [0.2, 0.25) is 0 Å². The predicted octanol–water partition coefficient (Wildman–Crippen LogP) is 1.52. The number of aliphatic imine (C=N–C) groups is 1. The number of aryl methyl sites for hydroxylation is 1. The van der Waals surface area contributed by atoms with Crippen LogP contribution in [-0.4, -0.2) is 60.5 Å². The molecule has 9 heteroatoms. The quantitative estimate of drug-likeness (QED) is 0.257. The number of nitrogens with one attached hydrogen (secondary N) is 3. The summed E-state index contributed by atoms with van der Waals surface area (Å²) in [4.78, 5) is 4.57. The molecule has 0 bridgehead atoms. The van der Waals surface area contributed by atoms with Crippen molar-refractivity contribution in [3.63, 3.8) is 0 Å². The number of nitrogens with zero attached hydrogens (tertiary/aromatic N) is 1. The minimum Gasteiger partial charge on any atom is -0.493 e. The monoisotopic (exact) mass is 414 g/mol. The third kappa shape index (κ3) is 10.4. The van der Waals surface area contributed by atoms with E-state index < -0.39 is 10.0 Å². The smallest absolute Gasteiger partial charge is 0.208 e. The fourth-order valence-electron chi connectivity index (χ4n) is 2.51. The number of sulfonamides is 1. The molecule has 0 saturated carbocycles. The molecule has 1 aromatic rings. The standard InChI is InChI=1S/C19H34N4O4S/c1-5-20-19(22-13-8-14-23-28(4,24)25)21-12-7-9-16-10-11-17(26-3)18(15-16)27-6-2/h10-11,15,23H,5-9,12-14H2,1-4H3,(H2,20,21,22). The lowest BCUT2D eigenvalue weighted by molar-refractivity contribution is 0.310. The topological polar surface area (TPSA) is 101 Å². The highest BCUT2D eigenvalue weighted by molar-refractivity contribution is 7.88. The fourth-order valence-corrected chi connectivity index (χ4v) is 3.03. The summed E-state index contributed by atoms with van der Waals surface area (Å²) >= 11 is 0. The van der Waals surface area contributed by atoms with Gasteiger partial charge in [0.05, 0.1) is 20.0 Å². The van der Waals surface area contributed by atoms with Crippen LogP contribution >= 0.6 is 0 Å². The van der Waals surface area contributed by atoms with Crippen molar-refractivity contribution in [3.8, 4) is 11.5 Å². The van der Waals surface area contributed by atoms with Gasteiger partial charge in [0.1, 0.15) is 0 Å². The van der Waals surface area contributed by atoms with Crippen LogP contribution in [0, 0.1) is 0 Å². The van der Waals surface area contributed by atoms with Gasteiger partial charge in [-0.25, -0.2) is 13.1 Å². The first-order chi connectivity index (χ1) is 13.4. The van der Waals surface area contributed by atoms with Crippen LogP contribution in [0.3, 0.4) is 0 Å². The number of hydrogen-bond acceptors (Lipinski definition) is 5. The number of rotatable bonds is 13. The van der Waals surface area contributed by atoms with E-state index in [2.05, 4.69) is 20.3 Å². The molecule has 8 nitrogen and oxygen atoms in total. The highest BCUT2D eigenvalue weighted by atomic mass is 32.2. The third-order valence-electron chi connectivity index (χ3n) is 3.78. The van der Waals surface area contributed by atoms with E-state index in [1.54, 1.807) is 7.11 Å². The second-order valence-corrected chi connectivity index (χ2v) is 8.06. The molecule has 0 fully saturated rings. The Morgan fingerprint density at radius 1 is 1.11 bits per heavy atom. The van der Waals surface area contributed by atoms with E-state index in [1.807, 2.05) is 32.0 Å². The molecule has 0 atom stereocenters. The van der Waals surface area contributed by atoms with E-state index in [4.69, 9.17) is 9.47 Å². The minimum atomic E-state index is -3.13. The van der Waals surface area contributed by atoms with Crippen molar-refractivity contribution in [2.75, 3.05) is 46.2 Å². The van der Waals surface area contributed by atoms with Crippen LogP contribution in [0.4, 0.5) is 0 Å². The average Bonchev–Trinajstić information content (AvgIpc) is 2.64. The molecule has 0 aliphatic carbocycles. The van der Waals surface area contributed by atoms with Gasteiger partial charge in [0, 0.05) is 26.2 Å².